The van der Waals surface area contributed by atoms with Gasteiger partial charge in [0.15, 0.2) is 0 Å². The lowest BCUT2D eigenvalue weighted by atomic mass is 9.86. The first-order valence-corrected chi connectivity index (χ1v) is 10.9. The number of nitrogens with zero attached hydrogens (tertiary/aromatic N) is 1. The van der Waals surface area contributed by atoms with Crippen molar-refractivity contribution in [1.29, 1.82) is 0 Å². The number of amides is 2. The summed E-state index contributed by atoms with van der Waals surface area (Å²) >= 11 is 0. The van der Waals surface area contributed by atoms with E-state index in [0.717, 1.165) is 30.5 Å². The summed E-state index contributed by atoms with van der Waals surface area (Å²) in [6, 6.07) is 19.2. The predicted octanol–water partition coefficient (Wildman–Crippen LogP) is 6.46. The highest BCUT2D eigenvalue weighted by Crippen LogP contribution is 2.28. The monoisotopic (exact) mass is 434 g/mol. The van der Waals surface area contributed by atoms with Gasteiger partial charge in [0, 0.05) is 18.7 Å². The van der Waals surface area contributed by atoms with Gasteiger partial charge in [0.2, 0.25) is 0 Å². The predicted molar refractivity (Wildman–Crippen MR) is 124 cm³/mol. The number of nitrogens with one attached hydrogen (secondary N) is 1. The minimum Gasteiger partial charge on any atom is -0.317 e. The van der Waals surface area contributed by atoms with Crippen LogP contribution in [0.4, 0.5) is 19.3 Å². The molecule has 166 valence electrons. The van der Waals surface area contributed by atoms with Crippen molar-refractivity contribution in [2.75, 3.05) is 5.32 Å². The zero-order valence-corrected chi connectivity index (χ0v) is 18.7. The fraction of sp³-hybridized carbons (Fsp3) is 0.296. The maximum absolute atomic E-state index is 14.2. The summed E-state index contributed by atoms with van der Waals surface area (Å²) in [5.74, 6) is -1.47. The van der Waals surface area contributed by atoms with E-state index in [9.17, 15) is 13.6 Å². The maximum atomic E-state index is 14.2. The van der Waals surface area contributed by atoms with E-state index in [1.54, 1.807) is 4.90 Å². The summed E-state index contributed by atoms with van der Waals surface area (Å²) in [5.41, 5.74) is 4.70. The van der Waals surface area contributed by atoms with E-state index in [0.29, 0.717) is 6.54 Å². The Labute approximate surface area is 188 Å². The first kappa shape index (κ1) is 22.0. The highest BCUT2D eigenvalue weighted by atomic mass is 19.1. The van der Waals surface area contributed by atoms with E-state index in [4.69, 9.17) is 0 Å². The number of carbonyl (C=O) groups excluding carboxylic acids is 1. The molecule has 5 heteroatoms. The minimum absolute atomic E-state index is 0.0278. The number of anilines is 1. The van der Waals surface area contributed by atoms with E-state index in [2.05, 4.69) is 50.4 Å². The second-order valence-corrected chi connectivity index (χ2v) is 9.46. The van der Waals surface area contributed by atoms with Crippen LogP contribution in [0.1, 0.15) is 43.0 Å². The summed E-state index contributed by atoms with van der Waals surface area (Å²) in [6.45, 7) is 6.88. The van der Waals surface area contributed by atoms with Crippen molar-refractivity contribution in [2.45, 2.75) is 51.6 Å². The molecule has 0 unspecified atom stereocenters. The Morgan fingerprint density at radius 3 is 2.16 bits per heavy atom. The van der Waals surface area contributed by atoms with Gasteiger partial charge in [-0.05, 0) is 52.6 Å². The minimum atomic E-state index is -0.789. The molecule has 2 amide bonds. The molecule has 0 bridgehead atoms. The summed E-state index contributed by atoms with van der Waals surface area (Å²) in [7, 11) is 0. The zero-order valence-electron chi connectivity index (χ0n) is 18.7. The molecule has 0 heterocycles. The Morgan fingerprint density at radius 2 is 1.59 bits per heavy atom. The van der Waals surface area contributed by atoms with Crippen LogP contribution in [0.25, 0.3) is 0 Å². The normalized spacial score (nSPS) is 13.7. The first-order valence-electron chi connectivity index (χ1n) is 10.9. The molecular weight excluding hydrogens is 406 g/mol. The number of halogens is 2. The molecule has 32 heavy (non-hydrogen) atoms. The van der Waals surface area contributed by atoms with Crippen LogP contribution in [0.5, 0.6) is 0 Å². The Bertz CT molecular complexity index is 1090. The number of urea groups is 1. The lowest BCUT2D eigenvalue weighted by Gasteiger charge is -2.30. The average Bonchev–Trinajstić information content (AvgIpc) is 3.17. The highest BCUT2D eigenvalue weighted by Gasteiger charge is 2.30. The van der Waals surface area contributed by atoms with Crippen LogP contribution in [0, 0.1) is 11.6 Å². The van der Waals surface area contributed by atoms with Gasteiger partial charge >= 0.3 is 6.03 Å². The number of carbonyl (C=O) groups is 1. The summed E-state index contributed by atoms with van der Waals surface area (Å²) in [4.78, 5) is 15.0. The second-order valence-electron chi connectivity index (χ2n) is 9.46. The van der Waals surface area contributed by atoms with Crippen molar-refractivity contribution in [2.24, 2.45) is 0 Å². The van der Waals surface area contributed by atoms with Gasteiger partial charge in [-0.2, -0.15) is 0 Å². The lowest BCUT2D eigenvalue weighted by Crippen LogP contribution is -2.43. The van der Waals surface area contributed by atoms with Crippen molar-refractivity contribution in [3.8, 4) is 0 Å². The fourth-order valence-electron chi connectivity index (χ4n) is 4.21. The molecule has 1 aliphatic carbocycles. The van der Waals surface area contributed by atoms with Gasteiger partial charge < -0.3 is 10.2 Å². The highest BCUT2D eigenvalue weighted by molar-refractivity contribution is 5.89. The number of hydrogen-bond acceptors (Lipinski definition) is 1. The molecule has 4 rings (SSSR count). The van der Waals surface area contributed by atoms with Gasteiger partial charge in [-0.3, -0.25) is 0 Å². The van der Waals surface area contributed by atoms with Gasteiger partial charge in [-0.15, -0.1) is 0 Å². The molecule has 0 radical (unpaired) electrons. The van der Waals surface area contributed by atoms with E-state index in [1.165, 1.54) is 22.8 Å². The largest absolute Gasteiger partial charge is 0.322 e. The molecule has 0 fully saturated rings. The maximum Gasteiger partial charge on any atom is 0.322 e. The molecule has 1 aliphatic rings. The van der Waals surface area contributed by atoms with Crippen molar-refractivity contribution < 1.29 is 13.6 Å². The molecule has 0 atom stereocenters. The van der Waals surface area contributed by atoms with Gasteiger partial charge in [-0.25, -0.2) is 13.6 Å². The second kappa shape index (κ2) is 8.73. The van der Waals surface area contributed by atoms with Gasteiger partial charge in [-0.1, -0.05) is 69.3 Å². The van der Waals surface area contributed by atoms with E-state index >= 15 is 0 Å². The number of benzene rings is 3. The van der Waals surface area contributed by atoms with Crippen LogP contribution >= 0.6 is 0 Å². The van der Waals surface area contributed by atoms with Crippen LogP contribution in [-0.4, -0.2) is 17.0 Å². The van der Waals surface area contributed by atoms with E-state index in [-0.39, 0.29) is 17.1 Å². The number of fused-ring (bicyclic) bond motifs is 1. The van der Waals surface area contributed by atoms with Crippen LogP contribution in [0.3, 0.4) is 0 Å². The van der Waals surface area contributed by atoms with E-state index in [1.807, 2.05) is 24.3 Å². The molecule has 0 spiro atoms. The third kappa shape index (κ3) is 4.82. The Hall–Kier alpha value is -3.21. The first-order chi connectivity index (χ1) is 15.2. The number of rotatable bonds is 4. The van der Waals surface area contributed by atoms with Crippen LogP contribution in [0.15, 0.2) is 66.7 Å². The van der Waals surface area contributed by atoms with Gasteiger partial charge in [0.1, 0.15) is 11.6 Å². The van der Waals surface area contributed by atoms with Crippen molar-refractivity contribution in [3.05, 3.63) is 101 Å². The van der Waals surface area contributed by atoms with Crippen molar-refractivity contribution in [1.82, 2.24) is 4.90 Å². The Balaban J connectivity index is 1.59. The quantitative estimate of drug-likeness (QED) is 0.502. The molecule has 1 N–H and O–H groups in total. The van der Waals surface area contributed by atoms with Gasteiger partial charge in [0.25, 0.3) is 0 Å². The summed E-state index contributed by atoms with van der Waals surface area (Å²) < 4.78 is 27.5. The molecular formula is C27H28F2N2O. The molecule has 0 aliphatic heterocycles. The molecule has 0 saturated carbocycles. The molecule has 3 aromatic carbocycles. The number of hydrogen-bond donors (Lipinski definition) is 1. The SMILES string of the molecule is CC(C)(C)c1ccc(CN(C(=O)Nc2ccc(F)cc2F)C2Cc3ccccc3C2)cc1. The van der Waals surface area contributed by atoms with Crippen molar-refractivity contribution >= 4 is 11.7 Å². The van der Waals surface area contributed by atoms with Crippen LogP contribution < -0.4 is 5.32 Å². The Kier molecular flexibility index (Phi) is 6.00. The van der Waals surface area contributed by atoms with Crippen LogP contribution in [-0.2, 0) is 24.8 Å². The smallest absolute Gasteiger partial charge is 0.317 e. The standard InChI is InChI=1S/C27H28F2N2O/c1-27(2,3)21-10-8-18(9-11-21)17-31(23-14-19-6-4-5-7-20(19)15-23)26(32)30-25-13-12-22(28)16-24(25)29/h4-13,16,23H,14-15,17H2,1-3H3,(H,30,32). The lowest BCUT2D eigenvalue weighted by molar-refractivity contribution is 0.185. The third-order valence-corrected chi connectivity index (χ3v) is 6.08. The average molecular weight is 435 g/mol. The molecule has 3 nitrogen and oxygen atoms in total. The summed E-state index contributed by atoms with van der Waals surface area (Å²) in [5, 5.41) is 2.64. The van der Waals surface area contributed by atoms with Crippen molar-refractivity contribution in [3.63, 3.8) is 0 Å². The molecule has 0 aromatic heterocycles. The molecule has 0 saturated heterocycles. The summed E-state index contributed by atoms with van der Waals surface area (Å²) in [6.07, 6.45) is 1.49. The zero-order chi connectivity index (χ0) is 22.9. The fourth-order valence-corrected chi connectivity index (χ4v) is 4.21. The Morgan fingerprint density at radius 1 is 0.969 bits per heavy atom. The van der Waals surface area contributed by atoms with E-state index < -0.39 is 17.7 Å². The topological polar surface area (TPSA) is 32.3 Å². The molecule has 3 aromatic rings. The van der Waals surface area contributed by atoms with Crippen LogP contribution in [0.2, 0.25) is 0 Å². The third-order valence-electron chi connectivity index (χ3n) is 6.08. The van der Waals surface area contributed by atoms with Gasteiger partial charge in [0.05, 0.1) is 5.69 Å².